The normalized spacial score (nSPS) is 19.1. The monoisotopic (exact) mass is 350 g/mol. The topological polar surface area (TPSA) is 74.0 Å². The summed E-state index contributed by atoms with van der Waals surface area (Å²) in [5.74, 6) is 0.150. The first-order valence-corrected chi connectivity index (χ1v) is 8.77. The summed E-state index contributed by atoms with van der Waals surface area (Å²) in [6.07, 6.45) is 0.273. The molecule has 2 rings (SSSR count). The van der Waals surface area contributed by atoms with Crippen molar-refractivity contribution in [2.24, 2.45) is 5.92 Å². The predicted molar refractivity (Wildman–Crippen MR) is 98.9 cm³/mol. The lowest BCUT2D eigenvalue weighted by molar-refractivity contribution is -0.141. The molecule has 1 aliphatic rings. The van der Waals surface area contributed by atoms with Gasteiger partial charge in [0.25, 0.3) is 0 Å². The Hall–Kier alpha value is -1.79. The first-order chi connectivity index (χ1) is 12.0. The van der Waals surface area contributed by atoms with Gasteiger partial charge in [0.1, 0.15) is 0 Å². The second kappa shape index (κ2) is 9.06. The molecule has 25 heavy (non-hydrogen) atoms. The summed E-state index contributed by atoms with van der Waals surface area (Å²) in [5.41, 5.74) is 9.11. The molecule has 1 fully saturated rings. The minimum Gasteiger partial charge on any atom is -0.469 e. The molecule has 0 amide bonds. The summed E-state index contributed by atoms with van der Waals surface area (Å²) >= 11 is 0. The molecule has 1 heterocycles. The number of nitrogens with two attached hydrogens (primary N) is 1. The lowest BCUT2D eigenvalue weighted by Gasteiger charge is -2.40. The SMILES string of the molecule is COCC(CC(=O)OC)c1ccc(N2CCOC[C@@H]2C(C)C)c(N)c1. The van der Waals surface area contributed by atoms with Crippen LogP contribution in [0.25, 0.3) is 0 Å². The van der Waals surface area contributed by atoms with E-state index in [4.69, 9.17) is 19.9 Å². The molecule has 0 radical (unpaired) electrons. The zero-order chi connectivity index (χ0) is 18.4. The van der Waals surface area contributed by atoms with Crippen molar-refractivity contribution in [1.29, 1.82) is 0 Å². The zero-order valence-electron chi connectivity index (χ0n) is 15.7. The molecule has 2 atom stereocenters. The maximum atomic E-state index is 11.7. The fourth-order valence-corrected chi connectivity index (χ4v) is 3.32. The summed E-state index contributed by atoms with van der Waals surface area (Å²) < 4.78 is 15.7. The Morgan fingerprint density at radius 3 is 2.76 bits per heavy atom. The van der Waals surface area contributed by atoms with Gasteiger partial charge in [0.15, 0.2) is 0 Å². The largest absolute Gasteiger partial charge is 0.469 e. The minimum atomic E-state index is -0.252. The van der Waals surface area contributed by atoms with Crippen LogP contribution in [0.4, 0.5) is 11.4 Å². The van der Waals surface area contributed by atoms with Crippen LogP contribution in [0.3, 0.4) is 0 Å². The van der Waals surface area contributed by atoms with E-state index in [2.05, 4.69) is 18.7 Å². The van der Waals surface area contributed by atoms with Crippen molar-refractivity contribution in [1.82, 2.24) is 0 Å². The Kier molecular flexibility index (Phi) is 7.08. The summed E-state index contributed by atoms with van der Waals surface area (Å²) in [6, 6.07) is 6.34. The van der Waals surface area contributed by atoms with Crippen LogP contribution < -0.4 is 10.6 Å². The molecule has 0 aliphatic carbocycles. The van der Waals surface area contributed by atoms with Gasteiger partial charge in [-0.2, -0.15) is 0 Å². The number of nitrogens with zero attached hydrogens (tertiary/aromatic N) is 1. The summed E-state index contributed by atoms with van der Waals surface area (Å²) in [7, 11) is 3.02. The molecule has 1 aromatic carbocycles. The molecule has 0 saturated carbocycles. The number of methoxy groups -OCH3 is 2. The third-order valence-corrected chi connectivity index (χ3v) is 4.78. The molecule has 6 nitrogen and oxygen atoms in total. The first kappa shape index (κ1) is 19.5. The van der Waals surface area contributed by atoms with Crippen molar-refractivity contribution in [3.05, 3.63) is 23.8 Å². The number of ether oxygens (including phenoxy) is 3. The maximum absolute atomic E-state index is 11.7. The van der Waals surface area contributed by atoms with E-state index in [0.29, 0.717) is 31.8 Å². The number of hydrogen-bond acceptors (Lipinski definition) is 6. The molecule has 1 aliphatic heterocycles. The van der Waals surface area contributed by atoms with Gasteiger partial charge in [-0.25, -0.2) is 0 Å². The van der Waals surface area contributed by atoms with Crippen LogP contribution in [0, 0.1) is 5.92 Å². The van der Waals surface area contributed by atoms with Crippen LogP contribution in [0.15, 0.2) is 18.2 Å². The van der Waals surface area contributed by atoms with Crippen molar-refractivity contribution in [2.45, 2.75) is 32.2 Å². The average molecular weight is 350 g/mol. The Morgan fingerprint density at radius 2 is 2.16 bits per heavy atom. The third-order valence-electron chi connectivity index (χ3n) is 4.78. The van der Waals surface area contributed by atoms with Crippen molar-refractivity contribution >= 4 is 17.3 Å². The van der Waals surface area contributed by atoms with E-state index in [1.165, 1.54) is 7.11 Å². The van der Waals surface area contributed by atoms with E-state index in [0.717, 1.165) is 23.5 Å². The van der Waals surface area contributed by atoms with E-state index in [-0.39, 0.29) is 18.3 Å². The second-order valence-corrected chi connectivity index (χ2v) is 6.83. The van der Waals surface area contributed by atoms with E-state index in [9.17, 15) is 4.79 Å². The average Bonchev–Trinajstić information content (AvgIpc) is 2.61. The van der Waals surface area contributed by atoms with E-state index in [1.54, 1.807) is 7.11 Å². The Bertz CT molecular complexity index is 577. The molecule has 0 aromatic heterocycles. The lowest BCUT2D eigenvalue weighted by Crippen LogP contribution is -2.48. The van der Waals surface area contributed by atoms with Crippen molar-refractivity contribution in [3.8, 4) is 0 Å². The van der Waals surface area contributed by atoms with Gasteiger partial charge < -0.3 is 24.8 Å². The Labute approximate surface area is 150 Å². The summed E-state index contributed by atoms with van der Waals surface area (Å²) in [4.78, 5) is 14.0. The molecule has 0 bridgehead atoms. The fourth-order valence-electron chi connectivity index (χ4n) is 3.32. The molecular weight excluding hydrogens is 320 g/mol. The summed E-state index contributed by atoms with van der Waals surface area (Å²) in [6.45, 7) is 7.09. The molecule has 6 heteroatoms. The highest BCUT2D eigenvalue weighted by atomic mass is 16.5. The van der Waals surface area contributed by atoms with Gasteiger partial charge >= 0.3 is 5.97 Å². The number of anilines is 2. The molecule has 1 aromatic rings. The first-order valence-electron chi connectivity index (χ1n) is 8.77. The van der Waals surface area contributed by atoms with Gasteiger partial charge in [-0.3, -0.25) is 4.79 Å². The highest BCUT2D eigenvalue weighted by Gasteiger charge is 2.27. The highest BCUT2D eigenvalue weighted by molar-refractivity contribution is 5.72. The molecule has 1 unspecified atom stereocenters. The van der Waals surface area contributed by atoms with E-state index in [1.807, 2.05) is 18.2 Å². The molecule has 140 valence electrons. The van der Waals surface area contributed by atoms with Crippen LogP contribution in [0.2, 0.25) is 0 Å². The number of carbonyl (C=O) groups is 1. The minimum absolute atomic E-state index is 0.0700. The number of carbonyl (C=O) groups excluding carboxylic acids is 1. The quantitative estimate of drug-likeness (QED) is 0.601. The number of hydrogen-bond donors (Lipinski definition) is 1. The van der Waals surface area contributed by atoms with E-state index >= 15 is 0 Å². The number of morpholine rings is 1. The van der Waals surface area contributed by atoms with Gasteiger partial charge in [0, 0.05) is 19.6 Å². The van der Waals surface area contributed by atoms with Crippen LogP contribution in [0.1, 0.15) is 31.7 Å². The van der Waals surface area contributed by atoms with Gasteiger partial charge in [0.2, 0.25) is 0 Å². The van der Waals surface area contributed by atoms with Gasteiger partial charge in [-0.15, -0.1) is 0 Å². The van der Waals surface area contributed by atoms with Crippen molar-refractivity contribution < 1.29 is 19.0 Å². The molecular formula is C19H30N2O4. The van der Waals surface area contributed by atoms with Crippen molar-refractivity contribution in [2.75, 3.05) is 51.2 Å². The fraction of sp³-hybridized carbons (Fsp3) is 0.632. The molecule has 2 N–H and O–H groups in total. The van der Waals surface area contributed by atoms with Crippen LogP contribution in [0.5, 0.6) is 0 Å². The predicted octanol–water partition coefficient (Wildman–Crippen LogP) is 2.42. The number of benzene rings is 1. The van der Waals surface area contributed by atoms with Crippen LogP contribution >= 0.6 is 0 Å². The van der Waals surface area contributed by atoms with E-state index < -0.39 is 0 Å². The second-order valence-electron chi connectivity index (χ2n) is 6.83. The van der Waals surface area contributed by atoms with Crippen LogP contribution in [-0.4, -0.2) is 52.6 Å². The van der Waals surface area contributed by atoms with Gasteiger partial charge in [-0.1, -0.05) is 19.9 Å². The number of nitrogen functional groups attached to an aromatic ring is 1. The Balaban J connectivity index is 2.24. The molecule has 1 saturated heterocycles. The highest BCUT2D eigenvalue weighted by Crippen LogP contribution is 2.32. The third kappa shape index (κ3) is 4.86. The zero-order valence-corrected chi connectivity index (χ0v) is 15.7. The number of esters is 1. The standard InChI is InChI=1S/C19H30N2O4/c1-13(2)18-12-25-8-7-21(18)17-6-5-14(9-16(17)20)15(11-23-3)10-19(22)24-4/h5-6,9,13,15,18H,7-8,10-12,20H2,1-4H3/t15?,18-/m1/s1. The summed E-state index contributed by atoms with van der Waals surface area (Å²) in [5, 5.41) is 0. The number of rotatable bonds is 7. The molecule has 0 spiro atoms. The van der Waals surface area contributed by atoms with Crippen molar-refractivity contribution in [3.63, 3.8) is 0 Å². The van der Waals surface area contributed by atoms with Crippen LogP contribution in [-0.2, 0) is 19.0 Å². The lowest BCUT2D eigenvalue weighted by atomic mass is 9.94. The van der Waals surface area contributed by atoms with Gasteiger partial charge in [0.05, 0.1) is 50.8 Å². The Morgan fingerprint density at radius 1 is 1.40 bits per heavy atom. The van der Waals surface area contributed by atoms with Gasteiger partial charge in [-0.05, 0) is 23.6 Å². The smallest absolute Gasteiger partial charge is 0.306 e. The maximum Gasteiger partial charge on any atom is 0.306 e.